The number of aliphatic hydroxyl groups is 1. The van der Waals surface area contributed by atoms with Gasteiger partial charge in [-0.3, -0.25) is 4.79 Å². The molecule has 10 nitrogen and oxygen atoms in total. The van der Waals surface area contributed by atoms with Crippen LogP contribution in [-0.4, -0.2) is 74.6 Å². The van der Waals surface area contributed by atoms with Crippen molar-refractivity contribution in [3.8, 4) is 11.5 Å². The molecule has 2 saturated heterocycles. The van der Waals surface area contributed by atoms with Crippen LogP contribution in [0.4, 0.5) is 0 Å². The zero-order valence-corrected chi connectivity index (χ0v) is 20.6. The van der Waals surface area contributed by atoms with Crippen LogP contribution in [0.25, 0.3) is 0 Å². The number of amides is 1. The lowest BCUT2D eigenvalue weighted by Crippen LogP contribution is -2.57. The number of carbonyl (C=O) groups excluding carboxylic acids is 1. The Morgan fingerprint density at radius 2 is 1.86 bits per heavy atom. The fraction of sp³-hybridized carbons (Fsp3) is 0.480. The second-order valence-corrected chi connectivity index (χ2v) is 11.1. The van der Waals surface area contributed by atoms with Crippen LogP contribution >= 0.6 is 0 Å². The molecule has 3 aliphatic heterocycles. The van der Waals surface area contributed by atoms with Crippen molar-refractivity contribution >= 4 is 15.9 Å². The molecule has 0 unspecified atom stereocenters. The fourth-order valence-electron chi connectivity index (χ4n) is 4.83. The molecule has 0 aliphatic carbocycles. The summed E-state index contributed by atoms with van der Waals surface area (Å²) in [5, 5.41) is 13.2. The Labute approximate surface area is 210 Å². The van der Waals surface area contributed by atoms with Crippen LogP contribution in [0.15, 0.2) is 53.4 Å². The number of benzene rings is 2. The van der Waals surface area contributed by atoms with Crippen molar-refractivity contribution in [1.29, 1.82) is 0 Å². The summed E-state index contributed by atoms with van der Waals surface area (Å²) in [5.74, 6) is 1.19. The van der Waals surface area contributed by atoms with Gasteiger partial charge in [0.05, 0.1) is 48.9 Å². The van der Waals surface area contributed by atoms with Gasteiger partial charge in [-0.2, -0.15) is 4.31 Å². The Balaban J connectivity index is 1.22. The van der Waals surface area contributed by atoms with Crippen LogP contribution in [0, 0.1) is 0 Å². The molecule has 0 aromatic heterocycles. The third-order valence-electron chi connectivity index (χ3n) is 6.62. The number of hydrogen-bond acceptors (Lipinski definition) is 8. The maximum absolute atomic E-state index is 13.4. The summed E-state index contributed by atoms with van der Waals surface area (Å²) in [7, 11) is -3.85. The van der Waals surface area contributed by atoms with E-state index in [2.05, 4.69) is 5.32 Å². The van der Waals surface area contributed by atoms with Gasteiger partial charge in [-0.25, -0.2) is 8.42 Å². The molecule has 2 aromatic carbocycles. The number of hydrogen-bond donors (Lipinski definition) is 2. The van der Waals surface area contributed by atoms with E-state index in [1.165, 1.54) is 4.31 Å². The van der Waals surface area contributed by atoms with Gasteiger partial charge in [-0.1, -0.05) is 24.3 Å². The lowest BCUT2D eigenvalue weighted by molar-refractivity contribution is -0.146. The molecule has 2 aromatic rings. The molecular weight excluding hydrogens is 488 g/mol. The number of nitrogens with zero attached hydrogens (tertiary/aromatic N) is 1. The molecule has 3 heterocycles. The minimum absolute atomic E-state index is 0.00801. The number of ether oxygens (including phenoxy) is 4. The highest BCUT2D eigenvalue weighted by atomic mass is 32.2. The van der Waals surface area contributed by atoms with E-state index in [1.54, 1.807) is 30.3 Å². The van der Waals surface area contributed by atoms with E-state index in [4.69, 9.17) is 18.9 Å². The quantitative estimate of drug-likeness (QED) is 0.589. The van der Waals surface area contributed by atoms with Crippen molar-refractivity contribution in [2.45, 2.75) is 55.1 Å². The average molecular weight is 519 g/mol. The van der Waals surface area contributed by atoms with E-state index < -0.39 is 28.3 Å². The van der Waals surface area contributed by atoms with Gasteiger partial charge in [0.15, 0.2) is 11.5 Å². The van der Waals surface area contributed by atoms with Crippen molar-refractivity contribution in [2.24, 2.45) is 0 Å². The molecule has 4 atom stereocenters. The van der Waals surface area contributed by atoms with Crippen molar-refractivity contribution in [1.82, 2.24) is 9.62 Å². The van der Waals surface area contributed by atoms with Crippen LogP contribution in [0.1, 0.15) is 24.8 Å². The lowest BCUT2D eigenvalue weighted by atomic mass is 9.96. The molecule has 0 saturated carbocycles. The Hall–Kier alpha value is -2.70. The Bertz CT molecular complexity index is 1180. The average Bonchev–Trinajstić information content (AvgIpc) is 3.34. The van der Waals surface area contributed by atoms with E-state index in [1.807, 2.05) is 18.2 Å². The summed E-state index contributed by atoms with van der Waals surface area (Å²) in [5.41, 5.74) is 0.894. The maximum Gasteiger partial charge on any atom is 0.243 e. The second-order valence-electron chi connectivity index (χ2n) is 9.19. The second kappa shape index (κ2) is 10.7. The van der Waals surface area contributed by atoms with Gasteiger partial charge in [0, 0.05) is 13.1 Å². The number of fused-ring (bicyclic) bond motifs is 2. The van der Waals surface area contributed by atoms with Crippen LogP contribution in [0.3, 0.4) is 0 Å². The van der Waals surface area contributed by atoms with Crippen molar-refractivity contribution in [3.63, 3.8) is 0 Å². The molecular formula is C25H30N2O8S. The van der Waals surface area contributed by atoms with Crippen LogP contribution < -0.4 is 14.8 Å². The Kier molecular flexibility index (Phi) is 7.44. The van der Waals surface area contributed by atoms with Crippen molar-refractivity contribution in [2.75, 3.05) is 26.6 Å². The van der Waals surface area contributed by atoms with Gasteiger partial charge in [-0.15, -0.1) is 0 Å². The monoisotopic (exact) mass is 518 g/mol. The molecule has 11 heteroatoms. The molecule has 0 spiro atoms. The zero-order chi connectivity index (χ0) is 25.1. The summed E-state index contributed by atoms with van der Waals surface area (Å²) in [6, 6.07) is 13.2. The van der Waals surface area contributed by atoms with E-state index >= 15 is 0 Å². The minimum atomic E-state index is -3.85. The van der Waals surface area contributed by atoms with E-state index in [0.29, 0.717) is 30.9 Å². The standard InChI is InChI=1S/C25H30N2O8S/c28-18-13-27(36(30,31)20-4-2-1-3-5-20)21-8-7-19(35-24(21)15-32-14-18)11-25(29)26-12-17-6-9-22-23(10-17)34-16-33-22/h1-6,9-10,18-19,21,24,28H,7-8,11-16H2,(H,26,29)/t18-,19-,21-,24+/m0/s1. The first-order valence-corrected chi connectivity index (χ1v) is 13.5. The molecule has 0 radical (unpaired) electrons. The Morgan fingerprint density at radius 3 is 2.69 bits per heavy atom. The highest BCUT2D eigenvalue weighted by Crippen LogP contribution is 2.33. The number of β-amino-alcohol motifs (C(OH)–C–C–N with tert-alkyl or cyclic N) is 1. The number of carbonyl (C=O) groups is 1. The molecule has 194 valence electrons. The molecule has 2 fully saturated rings. The normalized spacial score (nSPS) is 26.5. The number of rotatable bonds is 6. The van der Waals surface area contributed by atoms with E-state index in [-0.39, 0.29) is 49.9 Å². The Morgan fingerprint density at radius 1 is 1.06 bits per heavy atom. The first-order chi connectivity index (χ1) is 17.4. The van der Waals surface area contributed by atoms with Gasteiger partial charge in [-0.05, 0) is 42.7 Å². The van der Waals surface area contributed by atoms with Crippen LogP contribution in [0.5, 0.6) is 11.5 Å². The van der Waals surface area contributed by atoms with Gasteiger partial charge in [0.1, 0.15) is 0 Å². The molecule has 0 bridgehead atoms. The summed E-state index contributed by atoms with van der Waals surface area (Å²) in [6.45, 7) is 0.603. The summed E-state index contributed by atoms with van der Waals surface area (Å²) in [6.07, 6.45) is -0.692. The first-order valence-electron chi connectivity index (χ1n) is 12.0. The number of aliphatic hydroxyl groups excluding tert-OH is 1. The van der Waals surface area contributed by atoms with Crippen LogP contribution in [0.2, 0.25) is 0 Å². The highest BCUT2D eigenvalue weighted by Gasteiger charge is 2.43. The van der Waals surface area contributed by atoms with Crippen molar-refractivity contribution < 1.29 is 37.3 Å². The molecule has 2 N–H and O–H groups in total. The molecule has 3 aliphatic rings. The topological polar surface area (TPSA) is 124 Å². The molecule has 5 rings (SSSR count). The van der Waals surface area contributed by atoms with Gasteiger partial charge in [0.25, 0.3) is 0 Å². The minimum Gasteiger partial charge on any atom is -0.454 e. The fourth-order valence-corrected chi connectivity index (χ4v) is 6.57. The lowest BCUT2D eigenvalue weighted by Gasteiger charge is -2.43. The number of nitrogens with one attached hydrogen (secondary N) is 1. The van der Waals surface area contributed by atoms with Gasteiger partial charge >= 0.3 is 0 Å². The van der Waals surface area contributed by atoms with Crippen molar-refractivity contribution in [3.05, 3.63) is 54.1 Å². The van der Waals surface area contributed by atoms with Crippen LogP contribution in [-0.2, 0) is 30.8 Å². The first kappa shape index (κ1) is 25.0. The summed E-state index contributed by atoms with van der Waals surface area (Å²) < 4.78 is 50.7. The smallest absolute Gasteiger partial charge is 0.243 e. The van der Waals surface area contributed by atoms with Gasteiger partial charge in [0.2, 0.25) is 22.7 Å². The third-order valence-corrected chi connectivity index (χ3v) is 8.53. The molecule has 36 heavy (non-hydrogen) atoms. The SMILES string of the molecule is O=C(C[C@@H]1CC[C@H]2[C@@H](COC[C@@H](O)CN2S(=O)(=O)c2ccccc2)O1)NCc1ccc2c(c1)OCO2. The predicted molar refractivity (Wildman–Crippen MR) is 128 cm³/mol. The van der Waals surface area contributed by atoms with Gasteiger partial charge < -0.3 is 29.4 Å². The zero-order valence-electron chi connectivity index (χ0n) is 19.7. The maximum atomic E-state index is 13.4. The predicted octanol–water partition coefficient (Wildman–Crippen LogP) is 1.42. The van der Waals surface area contributed by atoms with E-state index in [0.717, 1.165) is 5.56 Å². The summed E-state index contributed by atoms with van der Waals surface area (Å²) >= 11 is 0. The van der Waals surface area contributed by atoms with E-state index in [9.17, 15) is 18.3 Å². The highest BCUT2D eigenvalue weighted by molar-refractivity contribution is 7.89. The number of sulfonamides is 1. The molecule has 1 amide bonds. The largest absolute Gasteiger partial charge is 0.454 e. The summed E-state index contributed by atoms with van der Waals surface area (Å²) in [4.78, 5) is 12.8. The third kappa shape index (κ3) is 5.50.